The Morgan fingerprint density at radius 3 is 2.88 bits per heavy atom. The van der Waals surface area contributed by atoms with Gasteiger partial charge in [0.1, 0.15) is 11.0 Å². The summed E-state index contributed by atoms with van der Waals surface area (Å²) in [5.41, 5.74) is 0. The Hall–Kier alpha value is -1.03. The summed E-state index contributed by atoms with van der Waals surface area (Å²) in [6.07, 6.45) is 3.52. The first-order chi connectivity index (χ1) is 8.06. The molecule has 1 N–H and O–H groups in total. The molecule has 2 heterocycles. The second kappa shape index (κ2) is 5.08. The average Bonchev–Trinajstić information content (AvgIpc) is 2.87. The molecular weight excluding hydrogens is 353 g/mol. The van der Waals surface area contributed by atoms with E-state index < -0.39 is 0 Å². The molecule has 90 valence electrons. The highest BCUT2D eigenvalue weighted by molar-refractivity contribution is 14.1. The standard InChI is InChI=1S/C9H10IN5OS/c1-5(15-4-7(10)3-11-15)8(16)12-9-14-13-6(2)17-9/h3-5H,1-2H3,(H,12,14,16). The number of nitrogens with zero attached hydrogens (tertiary/aromatic N) is 4. The lowest BCUT2D eigenvalue weighted by molar-refractivity contribution is -0.119. The molecule has 0 aromatic carbocycles. The van der Waals surface area contributed by atoms with E-state index in [2.05, 4.69) is 43.2 Å². The topological polar surface area (TPSA) is 72.7 Å². The van der Waals surface area contributed by atoms with Crippen LogP contribution in [-0.2, 0) is 4.79 Å². The summed E-state index contributed by atoms with van der Waals surface area (Å²) < 4.78 is 2.61. The van der Waals surface area contributed by atoms with Crippen LogP contribution in [0, 0.1) is 10.5 Å². The summed E-state index contributed by atoms with van der Waals surface area (Å²) in [4.78, 5) is 11.9. The van der Waals surface area contributed by atoms with Crippen LogP contribution in [-0.4, -0.2) is 25.9 Å². The maximum atomic E-state index is 11.9. The highest BCUT2D eigenvalue weighted by Crippen LogP contribution is 2.16. The fourth-order valence-electron chi connectivity index (χ4n) is 1.20. The molecule has 1 unspecified atom stereocenters. The molecule has 1 amide bonds. The van der Waals surface area contributed by atoms with Crippen LogP contribution in [0.4, 0.5) is 5.13 Å². The van der Waals surface area contributed by atoms with Gasteiger partial charge in [-0.05, 0) is 36.4 Å². The van der Waals surface area contributed by atoms with Gasteiger partial charge in [-0.15, -0.1) is 10.2 Å². The number of carbonyl (C=O) groups excluding carboxylic acids is 1. The molecular formula is C9H10IN5OS. The summed E-state index contributed by atoms with van der Waals surface area (Å²) in [6.45, 7) is 3.62. The smallest absolute Gasteiger partial charge is 0.250 e. The largest absolute Gasteiger partial charge is 0.299 e. The average molecular weight is 363 g/mol. The van der Waals surface area contributed by atoms with Gasteiger partial charge in [-0.25, -0.2) is 0 Å². The summed E-state index contributed by atoms with van der Waals surface area (Å²) >= 11 is 3.50. The van der Waals surface area contributed by atoms with Gasteiger partial charge in [0, 0.05) is 6.20 Å². The van der Waals surface area contributed by atoms with Crippen molar-refractivity contribution in [3.63, 3.8) is 0 Å². The van der Waals surface area contributed by atoms with Gasteiger partial charge in [0.25, 0.3) is 5.91 Å². The molecule has 0 saturated heterocycles. The molecule has 2 aromatic heterocycles. The minimum Gasteiger partial charge on any atom is -0.299 e. The van der Waals surface area contributed by atoms with E-state index in [-0.39, 0.29) is 11.9 Å². The zero-order valence-electron chi connectivity index (χ0n) is 9.22. The van der Waals surface area contributed by atoms with E-state index in [4.69, 9.17) is 0 Å². The van der Waals surface area contributed by atoms with Crippen LogP contribution in [0.2, 0.25) is 0 Å². The number of aryl methyl sites for hydroxylation is 1. The number of aromatic nitrogens is 4. The number of hydrogen-bond donors (Lipinski definition) is 1. The summed E-state index contributed by atoms with van der Waals surface area (Å²) in [5, 5.41) is 15.8. The molecule has 0 aliphatic rings. The molecule has 2 aromatic rings. The Morgan fingerprint density at radius 2 is 2.35 bits per heavy atom. The van der Waals surface area contributed by atoms with Gasteiger partial charge in [-0.1, -0.05) is 11.3 Å². The molecule has 6 nitrogen and oxygen atoms in total. The molecule has 0 radical (unpaired) electrons. The fraction of sp³-hybridized carbons (Fsp3) is 0.333. The number of nitrogens with one attached hydrogen (secondary N) is 1. The SMILES string of the molecule is Cc1nnc(NC(=O)C(C)n2cc(I)cn2)s1. The lowest BCUT2D eigenvalue weighted by Crippen LogP contribution is -2.23. The maximum Gasteiger partial charge on any atom is 0.250 e. The van der Waals surface area contributed by atoms with Crippen LogP contribution in [0.5, 0.6) is 0 Å². The Balaban J connectivity index is 2.05. The van der Waals surface area contributed by atoms with E-state index in [1.807, 2.05) is 13.1 Å². The lowest BCUT2D eigenvalue weighted by atomic mass is 10.3. The predicted molar refractivity (Wildman–Crippen MR) is 72.9 cm³/mol. The first-order valence-corrected chi connectivity index (χ1v) is 6.76. The molecule has 0 bridgehead atoms. The Bertz CT molecular complexity index is 537. The van der Waals surface area contributed by atoms with Crippen molar-refractivity contribution in [3.05, 3.63) is 21.0 Å². The molecule has 2 rings (SSSR count). The third-order valence-electron chi connectivity index (χ3n) is 2.10. The van der Waals surface area contributed by atoms with Crippen molar-refractivity contribution >= 4 is 45.0 Å². The molecule has 0 spiro atoms. The van der Waals surface area contributed by atoms with Crippen LogP contribution in [0.1, 0.15) is 18.0 Å². The van der Waals surface area contributed by atoms with Crippen molar-refractivity contribution in [2.75, 3.05) is 5.32 Å². The molecule has 1 atom stereocenters. The van der Waals surface area contributed by atoms with Crippen molar-refractivity contribution in [3.8, 4) is 0 Å². The van der Waals surface area contributed by atoms with Gasteiger partial charge in [0.05, 0.1) is 9.77 Å². The molecule has 0 aliphatic heterocycles. The molecule has 0 saturated carbocycles. The number of hydrogen-bond acceptors (Lipinski definition) is 5. The molecule has 8 heteroatoms. The Morgan fingerprint density at radius 1 is 1.59 bits per heavy atom. The zero-order valence-corrected chi connectivity index (χ0v) is 12.2. The number of anilines is 1. The third kappa shape index (κ3) is 3.00. The van der Waals surface area contributed by atoms with E-state index in [9.17, 15) is 4.79 Å². The predicted octanol–water partition coefficient (Wildman–Crippen LogP) is 1.85. The van der Waals surface area contributed by atoms with E-state index in [1.165, 1.54) is 11.3 Å². The first-order valence-electron chi connectivity index (χ1n) is 4.87. The van der Waals surface area contributed by atoms with Crippen LogP contribution in [0.15, 0.2) is 12.4 Å². The highest BCUT2D eigenvalue weighted by Gasteiger charge is 2.17. The monoisotopic (exact) mass is 363 g/mol. The fourth-order valence-corrected chi connectivity index (χ4v) is 2.21. The van der Waals surface area contributed by atoms with E-state index in [0.717, 1.165) is 8.58 Å². The maximum absolute atomic E-state index is 11.9. The van der Waals surface area contributed by atoms with Gasteiger partial charge >= 0.3 is 0 Å². The molecule has 17 heavy (non-hydrogen) atoms. The van der Waals surface area contributed by atoms with Crippen molar-refractivity contribution < 1.29 is 4.79 Å². The van der Waals surface area contributed by atoms with Crippen LogP contribution in [0.3, 0.4) is 0 Å². The van der Waals surface area contributed by atoms with Crippen molar-refractivity contribution in [2.45, 2.75) is 19.9 Å². The third-order valence-corrected chi connectivity index (χ3v) is 3.41. The second-order valence-electron chi connectivity index (χ2n) is 3.43. The highest BCUT2D eigenvalue weighted by atomic mass is 127. The van der Waals surface area contributed by atoms with Crippen LogP contribution >= 0.6 is 33.9 Å². The first kappa shape index (κ1) is 12.4. The van der Waals surface area contributed by atoms with Crippen LogP contribution < -0.4 is 5.32 Å². The van der Waals surface area contributed by atoms with Gasteiger partial charge in [-0.3, -0.25) is 14.8 Å². The van der Waals surface area contributed by atoms with Gasteiger partial charge < -0.3 is 0 Å². The van der Waals surface area contributed by atoms with Gasteiger partial charge in [-0.2, -0.15) is 5.10 Å². The van der Waals surface area contributed by atoms with Crippen molar-refractivity contribution in [1.29, 1.82) is 0 Å². The quantitative estimate of drug-likeness (QED) is 0.845. The second-order valence-corrected chi connectivity index (χ2v) is 5.86. The van der Waals surface area contributed by atoms with E-state index in [1.54, 1.807) is 17.8 Å². The summed E-state index contributed by atoms with van der Waals surface area (Å²) in [5.74, 6) is -0.152. The van der Waals surface area contributed by atoms with Crippen molar-refractivity contribution in [2.24, 2.45) is 0 Å². The van der Waals surface area contributed by atoms with Gasteiger partial charge in [0.15, 0.2) is 0 Å². The normalized spacial score (nSPS) is 12.4. The number of amides is 1. The number of rotatable bonds is 3. The van der Waals surface area contributed by atoms with E-state index >= 15 is 0 Å². The molecule has 0 aliphatic carbocycles. The van der Waals surface area contributed by atoms with Crippen LogP contribution in [0.25, 0.3) is 0 Å². The van der Waals surface area contributed by atoms with E-state index in [0.29, 0.717) is 5.13 Å². The number of halogens is 1. The van der Waals surface area contributed by atoms with Gasteiger partial charge in [0.2, 0.25) is 5.13 Å². The zero-order chi connectivity index (χ0) is 12.4. The lowest BCUT2D eigenvalue weighted by Gasteiger charge is -2.10. The minimum absolute atomic E-state index is 0.152. The van der Waals surface area contributed by atoms with Crippen molar-refractivity contribution in [1.82, 2.24) is 20.0 Å². The summed E-state index contributed by atoms with van der Waals surface area (Å²) in [6, 6.07) is -0.372. The minimum atomic E-state index is -0.372. The number of carbonyl (C=O) groups is 1. The summed E-state index contributed by atoms with van der Waals surface area (Å²) in [7, 11) is 0. The Labute approximate surface area is 116 Å². The Kier molecular flexibility index (Phi) is 3.72. The molecule has 0 fully saturated rings.